The average Bonchev–Trinajstić information content (AvgIpc) is 2.67. The van der Waals surface area contributed by atoms with E-state index in [1.165, 1.54) is 19.4 Å². The fraction of sp³-hybridized carbons (Fsp3) is 0.158. The first-order valence-electron chi connectivity index (χ1n) is 7.88. The van der Waals surface area contributed by atoms with Crippen LogP contribution in [-0.4, -0.2) is 25.8 Å². The highest BCUT2D eigenvalue weighted by molar-refractivity contribution is 9.10. The van der Waals surface area contributed by atoms with Gasteiger partial charge in [0.2, 0.25) is 0 Å². The van der Waals surface area contributed by atoms with Crippen LogP contribution in [0, 0.1) is 0 Å². The van der Waals surface area contributed by atoms with Gasteiger partial charge in [-0.3, -0.25) is 4.79 Å². The van der Waals surface area contributed by atoms with Crippen molar-refractivity contribution >= 4 is 28.1 Å². The molecule has 0 saturated heterocycles. The predicted octanol–water partition coefficient (Wildman–Crippen LogP) is 4.81. The van der Waals surface area contributed by atoms with Crippen molar-refractivity contribution in [3.05, 3.63) is 70.2 Å². The molecule has 0 fully saturated rings. The number of hydrazone groups is 1. The molecule has 9 heteroatoms. The Morgan fingerprint density at radius 3 is 2.68 bits per heavy atom. The second-order valence-corrected chi connectivity index (χ2v) is 6.26. The van der Waals surface area contributed by atoms with E-state index in [2.05, 4.69) is 33.0 Å². The van der Waals surface area contributed by atoms with Crippen molar-refractivity contribution in [2.24, 2.45) is 5.10 Å². The predicted molar refractivity (Wildman–Crippen MR) is 103 cm³/mol. The maximum atomic E-state index is 12.7. The number of hydrogen-bond donors (Lipinski definition) is 1. The van der Waals surface area contributed by atoms with E-state index in [-0.39, 0.29) is 5.56 Å². The smallest absolute Gasteiger partial charge is 0.416 e. The van der Waals surface area contributed by atoms with Crippen LogP contribution < -0.4 is 14.9 Å². The zero-order valence-corrected chi connectivity index (χ0v) is 16.3. The van der Waals surface area contributed by atoms with Gasteiger partial charge in [-0.15, -0.1) is 0 Å². The lowest BCUT2D eigenvalue weighted by Gasteiger charge is -2.11. The summed E-state index contributed by atoms with van der Waals surface area (Å²) in [7, 11) is 1.47. The van der Waals surface area contributed by atoms with E-state index in [9.17, 15) is 18.0 Å². The Labute approximate surface area is 168 Å². The van der Waals surface area contributed by atoms with E-state index in [0.717, 1.165) is 18.2 Å². The zero-order chi connectivity index (χ0) is 20.7. The molecule has 0 saturated carbocycles. The van der Waals surface area contributed by atoms with Crippen molar-refractivity contribution in [3.8, 4) is 11.5 Å². The number of amides is 1. The van der Waals surface area contributed by atoms with Crippen molar-refractivity contribution in [1.29, 1.82) is 0 Å². The zero-order valence-electron chi connectivity index (χ0n) is 14.7. The van der Waals surface area contributed by atoms with Crippen molar-refractivity contribution in [2.45, 2.75) is 6.18 Å². The third-order valence-corrected chi connectivity index (χ3v) is 4.15. The first kappa shape index (κ1) is 21.5. The Morgan fingerprint density at radius 1 is 1.29 bits per heavy atom. The summed E-state index contributed by atoms with van der Waals surface area (Å²) in [5.41, 5.74) is 1.69. The van der Waals surface area contributed by atoms with E-state index in [4.69, 9.17) is 9.47 Å². The summed E-state index contributed by atoms with van der Waals surface area (Å²) in [5, 5.41) is 3.79. The second kappa shape index (κ2) is 9.41. The number of nitrogens with one attached hydrogen (secondary N) is 1. The Balaban J connectivity index is 2.14. The minimum atomic E-state index is -4.53. The lowest BCUT2D eigenvalue weighted by Crippen LogP contribution is -2.18. The molecule has 0 aliphatic heterocycles. The number of rotatable bonds is 7. The molecule has 28 heavy (non-hydrogen) atoms. The van der Waals surface area contributed by atoms with Crippen LogP contribution in [0.2, 0.25) is 0 Å². The normalized spacial score (nSPS) is 11.3. The number of benzene rings is 2. The van der Waals surface area contributed by atoms with Gasteiger partial charge >= 0.3 is 6.18 Å². The van der Waals surface area contributed by atoms with Gasteiger partial charge < -0.3 is 9.47 Å². The summed E-state index contributed by atoms with van der Waals surface area (Å²) in [5.74, 6) is 0.159. The number of carbonyl (C=O) groups is 1. The molecule has 5 nitrogen and oxygen atoms in total. The quantitative estimate of drug-likeness (QED) is 0.369. The molecule has 0 atom stereocenters. The van der Waals surface area contributed by atoms with E-state index in [0.29, 0.717) is 28.1 Å². The number of hydrogen-bond acceptors (Lipinski definition) is 4. The Hall–Kier alpha value is -2.81. The van der Waals surface area contributed by atoms with Crippen molar-refractivity contribution in [1.82, 2.24) is 5.43 Å². The highest BCUT2D eigenvalue weighted by Gasteiger charge is 2.30. The van der Waals surface area contributed by atoms with E-state index in [1.54, 1.807) is 18.2 Å². The molecular weight excluding hydrogens is 441 g/mol. The van der Waals surface area contributed by atoms with Crippen LogP contribution in [0.5, 0.6) is 11.5 Å². The lowest BCUT2D eigenvalue weighted by molar-refractivity contribution is -0.137. The summed E-state index contributed by atoms with van der Waals surface area (Å²) in [6, 6.07) is 7.37. The third-order valence-electron chi connectivity index (χ3n) is 3.46. The van der Waals surface area contributed by atoms with Gasteiger partial charge in [-0.2, -0.15) is 18.3 Å². The van der Waals surface area contributed by atoms with Crippen LogP contribution in [0.4, 0.5) is 13.2 Å². The summed E-state index contributed by atoms with van der Waals surface area (Å²) in [6.45, 7) is 3.87. The molecule has 0 aliphatic carbocycles. The Bertz CT molecular complexity index is 898. The van der Waals surface area contributed by atoms with Gasteiger partial charge in [0.25, 0.3) is 5.91 Å². The minimum absolute atomic E-state index is 0.156. The first-order chi connectivity index (χ1) is 13.3. The van der Waals surface area contributed by atoms with Gasteiger partial charge in [-0.25, -0.2) is 5.43 Å². The molecule has 0 spiro atoms. The number of methoxy groups -OCH3 is 1. The first-order valence-corrected chi connectivity index (χ1v) is 8.67. The molecule has 2 aromatic rings. The van der Waals surface area contributed by atoms with Crippen LogP contribution in [-0.2, 0) is 6.18 Å². The average molecular weight is 457 g/mol. The highest BCUT2D eigenvalue weighted by Crippen LogP contribution is 2.33. The number of carbonyl (C=O) groups excluding carboxylic acids is 1. The molecule has 2 aromatic carbocycles. The number of alkyl halides is 3. The van der Waals surface area contributed by atoms with Crippen molar-refractivity contribution in [2.75, 3.05) is 13.7 Å². The van der Waals surface area contributed by atoms with Crippen LogP contribution in [0.1, 0.15) is 21.5 Å². The van der Waals surface area contributed by atoms with E-state index < -0.39 is 17.6 Å². The molecule has 2 rings (SSSR count). The fourth-order valence-electron chi connectivity index (χ4n) is 2.13. The van der Waals surface area contributed by atoms with E-state index >= 15 is 0 Å². The summed E-state index contributed by atoms with van der Waals surface area (Å²) in [6.07, 6.45) is -1.61. The van der Waals surface area contributed by atoms with Gasteiger partial charge in [0.15, 0.2) is 11.5 Å². The maximum absolute atomic E-state index is 12.7. The largest absolute Gasteiger partial charge is 0.493 e. The molecule has 0 aliphatic rings. The third kappa shape index (κ3) is 5.59. The van der Waals surface area contributed by atoms with Crippen molar-refractivity contribution in [3.63, 3.8) is 0 Å². The summed E-state index contributed by atoms with van der Waals surface area (Å²) < 4.78 is 49.5. The molecule has 148 valence electrons. The SMILES string of the molecule is C=CCOc1cc(Br)c(/C=N\NC(=O)c2cccc(C(F)(F)F)c2)cc1OC. The maximum Gasteiger partial charge on any atom is 0.416 e. The van der Waals surface area contributed by atoms with Gasteiger partial charge in [0.1, 0.15) is 6.61 Å². The Kier molecular flexibility index (Phi) is 7.22. The molecule has 1 N–H and O–H groups in total. The molecule has 0 radical (unpaired) electrons. The Morgan fingerprint density at radius 2 is 2.04 bits per heavy atom. The summed E-state index contributed by atoms with van der Waals surface area (Å²) in [4.78, 5) is 12.0. The summed E-state index contributed by atoms with van der Waals surface area (Å²) >= 11 is 3.36. The van der Waals surface area contributed by atoms with Crippen molar-refractivity contribution < 1.29 is 27.4 Å². The highest BCUT2D eigenvalue weighted by atomic mass is 79.9. The van der Waals surface area contributed by atoms with Gasteiger partial charge in [0.05, 0.1) is 18.9 Å². The number of nitrogens with zero attached hydrogens (tertiary/aromatic N) is 1. The second-order valence-electron chi connectivity index (χ2n) is 5.40. The van der Waals surface area contributed by atoms with Crippen LogP contribution in [0.25, 0.3) is 0 Å². The molecule has 0 bridgehead atoms. The monoisotopic (exact) mass is 456 g/mol. The van der Waals surface area contributed by atoms with Gasteiger partial charge in [0, 0.05) is 15.6 Å². The number of halogens is 4. The van der Waals surface area contributed by atoms with Crippen LogP contribution >= 0.6 is 15.9 Å². The van der Waals surface area contributed by atoms with E-state index in [1.807, 2.05) is 0 Å². The minimum Gasteiger partial charge on any atom is -0.493 e. The fourth-order valence-corrected chi connectivity index (χ4v) is 2.56. The standard InChI is InChI=1S/C19H16BrF3N2O3/c1-3-7-28-17-10-15(20)13(9-16(17)27-2)11-24-25-18(26)12-5-4-6-14(8-12)19(21,22)23/h3-6,8-11H,1,7H2,2H3,(H,25,26)/b24-11-. The molecule has 0 heterocycles. The molecule has 0 unspecified atom stereocenters. The molecule has 0 aromatic heterocycles. The van der Waals surface area contributed by atoms with Gasteiger partial charge in [-0.1, -0.05) is 18.7 Å². The molecular formula is C19H16BrF3N2O3. The van der Waals surface area contributed by atoms with Crippen LogP contribution in [0.3, 0.4) is 0 Å². The lowest BCUT2D eigenvalue weighted by atomic mass is 10.1. The number of ether oxygens (including phenoxy) is 2. The van der Waals surface area contributed by atoms with Gasteiger partial charge in [-0.05, 0) is 46.3 Å². The molecule has 1 amide bonds. The van der Waals surface area contributed by atoms with Crippen LogP contribution in [0.15, 0.2) is 58.6 Å². The topological polar surface area (TPSA) is 59.9 Å².